The van der Waals surface area contributed by atoms with Crippen LogP contribution in [0.5, 0.6) is 0 Å². The fourth-order valence-electron chi connectivity index (χ4n) is 3.64. The summed E-state index contributed by atoms with van der Waals surface area (Å²) in [6.45, 7) is 8.86. The molecule has 1 aromatic rings. The third kappa shape index (κ3) is 2.95. The second-order valence-electron chi connectivity index (χ2n) is 6.75. The summed E-state index contributed by atoms with van der Waals surface area (Å²) in [5, 5.41) is 10.5. The Hall–Kier alpha value is -0.820. The van der Waals surface area contributed by atoms with Crippen molar-refractivity contribution in [3.63, 3.8) is 0 Å². The Balaban J connectivity index is 2.09. The van der Waals surface area contributed by atoms with E-state index in [4.69, 9.17) is 0 Å². The van der Waals surface area contributed by atoms with Gasteiger partial charge < -0.3 is 5.11 Å². The van der Waals surface area contributed by atoms with Crippen LogP contribution in [0.2, 0.25) is 0 Å². The van der Waals surface area contributed by atoms with E-state index in [2.05, 4.69) is 45.9 Å². The molecule has 1 fully saturated rings. The van der Waals surface area contributed by atoms with Gasteiger partial charge >= 0.3 is 0 Å². The first-order chi connectivity index (χ1) is 8.38. The number of benzene rings is 1. The number of rotatable bonds is 3. The molecule has 1 aliphatic rings. The minimum absolute atomic E-state index is 0.191. The van der Waals surface area contributed by atoms with Crippen LogP contribution in [-0.4, -0.2) is 11.2 Å². The van der Waals surface area contributed by atoms with E-state index in [0.29, 0.717) is 11.3 Å². The van der Waals surface area contributed by atoms with Gasteiger partial charge in [-0.3, -0.25) is 0 Å². The van der Waals surface area contributed by atoms with Gasteiger partial charge in [0.2, 0.25) is 0 Å². The van der Waals surface area contributed by atoms with Gasteiger partial charge in [-0.2, -0.15) is 0 Å². The summed E-state index contributed by atoms with van der Waals surface area (Å²) < 4.78 is 0. The fourth-order valence-corrected chi connectivity index (χ4v) is 3.64. The standard InChI is InChI=1S/C17H26O/c1-12-8-13(2)10-14(9-12)11-16(18)15-6-5-7-17(15,3)4/h8-10,15-16,18H,5-7,11H2,1-4H3. The number of aryl methyl sites for hydroxylation is 2. The summed E-state index contributed by atoms with van der Waals surface area (Å²) in [7, 11) is 0. The van der Waals surface area contributed by atoms with Gasteiger partial charge in [0.05, 0.1) is 6.10 Å². The normalized spacial score (nSPS) is 24.2. The molecule has 0 aromatic heterocycles. The van der Waals surface area contributed by atoms with Crippen LogP contribution in [-0.2, 0) is 6.42 Å². The van der Waals surface area contributed by atoms with Crippen molar-refractivity contribution in [2.75, 3.05) is 0 Å². The van der Waals surface area contributed by atoms with Crippen molar-refractivity contribution in [2.45, 2.75) is 59.5 Å². The first-order valence-corrected chi connectivity index (χ1v) is 7.14. The lowest BCUT2D eigenvalue weighted by Gasteiger charge is -2.31. The summed E-state index contributed by atoms with van der Waals surface area (Å²) in [6, 6.07) is 6.60. The number of hydrogen-bond donors (Lipinski definition) is 1. The Labute approximate surface area is 111 Å². The maximum absolute atomic E-state index is 10.5. The van der Waals surface area contributed by atoms with Gasteiger partial charge in [0, 0.05) is 0 Å². The Kier molecular flexibility index (Phi) is 3.82. The summed E-state index contributed by atoms with van der Waals surface area (Å²) in [5.74, 6) is 0.457. The van der Waals surface area contributed by atoms with Gasteiger partial charge in [0.15, 0.2) is 0 Å². The summed E-state index contributed by atoms with van der Waals surface area (Å²) in [4.78, 5) is 0. The maximum Gasteiger partial charge on any atom is 0.0613 e. The van der Waals surface area contributed by atoms with E-state index in [-0.39, 0.29) is 6.10 Å². The van der Waals surface area contributed by atoms with Crippen molar-refractivity contribution in [3.8, 4) is 0 Å². The molecule has 100 valence electrons. The lowest BCUT2D eigenvalue weighted by molar-refractivity contribution is 0.0543. The van der Waals surface area contributed by atoms with E-state index in [1.54, 1.807) is 0 Å². The molecule has 1 N–H and O–H groups in total. The van der Waals surface area contributed by atoms with E-state index in [9.17, 15) is 5.11 Å². The Morgan fingerprint density at radius 2 is 1.83 bits per heavy atom. The highest BCUT2D eigenvalue weighted by Gasteiger charge is 2.38. The molecule has 1 aliphatic carbocycles. The van der Waals surface area contributed by atoms with Crippen molar-refractivity contribution in [2.24, 2.45) is 11.3 Å². The second kappa shape index (κ2) is 5.05. The first-order valence-electron chi connectivity index (χ1n) is 7.14. The van der Waals surface area contributed by atoms with Crippen LogP contribution < -0.4 is 0 Å². The molecule has 1 aromatic carbocycles. The second-order valence-corrected chi connectivity index (χ2v) is 6.75. The van der Waals surface area contributed by atoms with Gasteiger partial charge in [0.1, 0.15) is 0 Å². The van der Waals surface area contributed by atoms with Crippen LogP contribution in [0.15, 0.2) is 18.2 Å². The molecular weight excluding hydrogens is 220 g/mol. The Morgan fingerprint density at radius 1 is 1.22 bits per heavy atom. The SMILES string of the molecule is Cc1cc(C)cc(CC(O)C2CCCC2(C)C)c1. The Bertz CT molecular complexity index is 399. The molecule has 1 nitrogen and oxygen atoms in total. The molecule has 1 heteroatoms. The molecule has 0 radical (unpaired) electrons. The molecule has 18 heavy (non-hydrogen) atoms. The quantitative estimate of drug-likeness (QED) is 0.853. The monoisotopic (exact) mass is 246 g/mol. The van der Waals surface area contributed by atoms with Crippen LogP contribution in [0.3, 0.4) is 0 Å². The molecule has 0 heterocycles. The average Bonchev–Trinajstić information content (AvgIpc) is 2.56. The zero-order valence-corrected chi connectivity index (χ0v) is 12.2. The summed E-state index contributed by atoms with van der Waals surface area (Å²) >= 11 is 0. The van der Waals surface area contributed by atoms with Gasteiger partial charge in [-0.25, -0.2) is 0 Å². The fraction of sp³-hybridized carbons (Fsp3) is 0.647. The van der Waals surface area contributed by atoms with Crippen molar-refractivity contribution in [3.05, 3.63) is 34.9 Å². The smallest absolute Gasteiger partial charge is 0.0613 e. The van der Waals surface area contributed by atoms with Crippen LogP contribution in [0.25, 0.3) is 0 Å². The predicted octanol–water partition coefficient (Wildman–Crippen LogP) is 4.03. The largest absolute Gasteiger partial charge is 0.392 e. The molecule has 0 amide bonds. The lowest BCUT2D eigenvalue weighted by Crippen LogP contribution is -2.31. The molecule has 0 spiro atoms. The number of aliphatic hydroxyl groups excluding tert-OH is 1. The van der Waals surface area contributed by atoms with Crippen molar-refractivity contribution >= 4 is 0 Å². The maximum atomic E-state index is 10.5. The molecule has 2 rings (SSSR count). The van der Waals surface area contributed by atoms with Gasteiger partial charge in [0.25, 0.3) is 0 Å². The zero-order chi connectivity index (χ0) is 13.3. The van der Waals surface area contributed by atoms with Crippen LogP contribution >= 0.6 is 0 Å². The summed E-state index contributed by atoms with van der Waals surface area (Å²) in [5.41, 5.74) is 4.17. The van der Waals surface area contributed by atoms with E-state index >= 15 is 0 Å². The molecule has 1 saturated carbocycles. The van der Waals surface area contributed by atoms with Gasteiger partial charge in [-0.05, 0) is 50.0 Å². The molecule has 0 aliphatic heterocycles. The van der Waals surface area contributed by atoms with Crippen LogP contribution in [0.1, 0.15) is 49.8 Å². The van der Waals surface area contributed by atoms with Gasteiger partial charge in [-0.15, -0.1) is 0 Å². The lowest BCUT2D eigenvalue weighted by atomic mass is 9.77. The molecule has 0 saturated heterocycles. The minimum atomic E-state index is -0.191. The van der Waals surface area contributed by atoms with E-state index in [0.717, 1.165) is 6.42 Å². The van der Waals surface area contributed by atoms with Crippen molar-refractivity contribution < 1.29 is 5.11 Å². The Morgan fingerprint density at radius 3 is 2.33 bits per heavy atom. The van der Waals surface area contributed by atoms with Gasteiger partial charge in [-0.1, -0.05) is 49.6 Å². The predicted molar refractivity (Wildman–Crippen MR) is 76.7 cm³/mol. The van der Waals surface area contributed by atoms with Crippen molar-refractivity contribution in [1.29, 1.82) is 0 Å². The van der Waals surface area contributed by atoms with Crippen molar-refractivity contribution in [1.82, 2.24) is 0 Å². The van der Waals surface area contributed by atoms with E-state index in [1.165, 1.54) is 36.0 Å². The number of hydrogen-bond acceptors (Lipinski definition) is 1. The van der Waals surface area contributed by atoms with E-state index < -0.39 is 0 Å². The highest BCUT2D eigenvalue weighted by atomic mass is 16.3. The van der Waals surface area contributed by atoms with Crippen LogP contribution in [0, 0.1) is 25.2 Å². The first kappa shape index (κ1) is 13.6. The molecule has 2 atom stereocenters. The zero-order valence-electron chi connectivity index (χ0n) is 12.2. The summed E-state index contributed by atoms with van der Waals surface area (Å²) in [6.07, 6.45) is 4.31. The topological polar surface area (TPSA) is 20.2 Å². The molecule has 0 bridgehead atoms. The highest BCUT2D eigenvalue weighted by molar-refractivity contribution is 5.29. The number of aliphatic hydroxyl groups is 1. The van der Waals surface area contributed by atoms with Crippen LogP contribution in [0.4, 0.5) is 0 Å². The molecule has 2 unspecified atom stereocenters. The minimum Gasteiger partial charge on any atom is -0.392 e. The van der Waals surface area contributed by atoms with E-state index in [1.807, 2.05) is 0 Å². The molecular formula is C17H26O. The third-order valence-electron chi connectivity index (χ3n) is 4.53. The highest BCUT2D eigenvalue weighted by Crippen LogP contribution is 2.44. The average molecular weight is 246 g/mol. The third-order valence-corrected chi connectivity index (χ3v) is 4.53.